The number of rotatable bonds is 6. The monoisotopic (exact) mass is 373 g/mol. The first-order valence-electron chi connectivity index (χ1n) is 9.63. The van der Waals surface area contributed by atoms with Crippen molar-refractivity contribution >= 4 is 16.8 Å². The van der Waals surface area contributed by atoms with Gasteiger partial charge >= 0.3 is 0 Å². The minimum atomic E-state index is -0.349. The first kappa shape index (κ1) is 18.3. The van der Waals surface area contributed by atoms with E-state index in [1.54, 1.807) is 0 Å². The number of likely N-dealkylation sites (tertiary alicyclic amines) is 1. The molecule has 2 aliphatic heterocycles. The van der Waals surface area contributed by atoms with Gasteiger partial charge in [0, 0.05) is 31.2 Å². The van der Waals surface area contributed by atoms with Crippen molar-refractivity contribution in [1.29, 1.82) is 0 Å². The molecule has 3 heterocycles. The van der Waals surface area contributed by atoms with E-state index in [0.717, 1.165) is 49.1 Å². The molecule has 1 aromatic heterocycles. The Morgan fingerprint density at radius 3 is 2.81 bits per heavy atom. The molecule has 0 radical (unpaired) electrons. The third-order valence-electron chi connectivity index (χ3n) is 5.27. The average molecular weight is 373 g/mol. The van der Waals surface area contributed by atoms with Crippen molar-refractivity contribution in [3.05, 3.63) is 30.5 Å². The van der Waals surface area contributed by atoms with E-state index in [1.165, 1.54) is 0 Å². The first-order chi connectivity index (χ1) is 13.2. The number of hydrogen-bond donors (Lipinski definition) is 1. The van der Waals surface area contributed by atoms with Gasteiger partial charge in [0.15, 0.2) is 0 Å². The van der Waals surface area contributed by atoms with E-state index in [2.05, 4.69) is 4.90 Å². The van der Waals surface area contributed by atoms with Crippen LogP contribution in [0.2, 0.25) is 0 Å². The van der Waals surface area contributed by atoms with Gasteiger partial charge in [0.05, 0.1) is 31.4 Å². The number of hydrogen-bond acceptors (Lipinski definition) is 5. The molecule has 0 saturated carbocycles. The Labute approximate surface area is 159 Å². The summed E-state index contributed by atoms with van der Waals surface area (Å²) in [6, 6.07) is 7.93. The second-order valence-electron chi connectivity index (χ2n) is 7.28. The molecule has 2 N–H and O–H groups in total. The van der Waals surface area contributed by atoms with Crippen molar-refractivity contribution in [2.75, 3.05) is 39.5 Å². The number of benzene rings is 1. The molecule has 27 heavy (non-hydrogen) atoms. The molecule has 7 nitrogen and oxygen atoms in total. The first-order valence-corrected chi connectivity index (χ1v) is 9.63. The number of nitrogens with zero attached hydrogens (tertiary/aromatic N) is 2. The molecule has 1 atom stereocenters. The van der Waals surface area contributed by atoms with Crippen LogP contribution in [-0.2, 0) is 20.8 Å². The molecule has 7 heteroatoms. The number of nitrogens with two attached hydrogens (primary N) is 1. The lowest BCUT2D eigenvalue weighted by Gasteiger charge is -2.35. The van der Waals surface area contributed by atoms with Gasteiger partial charge in [-0.1, -0.05) is 6.07 Å². The van der Waals surface area contributed by atoms with Crippen LogP contribution in [0.1, 0.15) is 12.8 Å². The van der Waals surface area contributed by atoms with Crippen LogP contribution in [0.15, 0.2) is 30.5 Å². The van der Waals surface area contributed by atoms with E-state index in [9.17, 15) is 4.79 Å². The quantitative estimate of drug-likeness (QED) is 0.828. The highest BCUT2D eigenvalue weighted by Gasteiger charge is 2.25. The predicted octanol–water partition coefficient (Wildman–Crippen LogP) is 1.39. The zero-order chi connectivity index (χ0) is 18.6. The Morgan fingerprint density at radius 2 is 2.07 bits per heavy atom. The number of fused-ring (bicyclic) bond motifs is 1. The van der Waals surface area contributed by atoms with Crippen LogP contribution >= 0.6 is 0 Å². The van der Waals surface area contributed by atoms with Crippen molar-refractivity contribution in [3.8, 4) is 5.75 Å². The Hall–Kier alpha value is -2.09. The number of aromatic nitrogens is 1. The zero-order valence-electron chi connectivity index (χ0n) is 15.5. The molecule has 1 unspecified atom stereocenters. The van der Waals surface area contributed by atoms with Gasteiger partial charge in [0.25, 0.3) is 0 Å². The molecular formula is C20H27N3O4. The fourth-order valence-corrected chi connectivity index (χ4v) is 3.92. The summed E-state index contributed by atoms with van der Waals surface area (Å²) in [4.78, 5) is 13.7. The summed E-state index contributed by atoms with van der Waals surface area (Å²) in [5.74, 6) is 0.525. The van der Waals surface area contributed by atoms with Gasteiger partial charge in [-0.15, -0.1) is 0 Å². The summed E-state index contributed by atoms with van der Waals surface area (Å²) in [5.41, 5.74) is 6.30. The summed E-state index contributed by atoms with van der Waals surface area (Å²) in [6.45, 7) is 5.21. The maximum Gasteiger partial charge on any atom is 0.237 e. The molecule has 1 amide bonds. The highest BCUT2D eigenvalue weighted by Crippen LogP contribution is 2.29. The second kappa shape index (κ2) is 8.29. The Morgan fingerprint density at radius 1 is 1.22 bits per heavy atom. The van der Waals surface area contributed by atoms with Gasteiger partial charge in [-0.25, -0.2) is 0 Å². The molecular weight excluding hydrogens is 346 g/mol. The molecule has 0 bridgehead atoms. The van der Waals surface area contributed by atoms with Crippen LogP contribution in [-0.4, -0.2) is 67.0 Å². The number of piperidine rings is 1. The molecule has 2 fully saturated rings. The fraction of sp³-hybridized carbons (Fsp3) is 0.550. The molecule has 2 aromatic rings. The minimum Gasteiger partial charge on any atom is -0.490 e. The van der Waals surface area contributed by atoms with E-state index in [4.69, 9.17) is 19.9 Å². The maximum atomic E-state index is 11.2. The van der Waals surface area contributed by atoms with Crippen molar-refractivity contribution < 1.29 is 19.0 Å². The van der Waals surface area contributed by atoms with Crippen LogP contribution in [0.25, 0.3) is 10.9 Å². The third-order valence-corrected chi connectivity index (χ3v) is 5.27. The number of amides is 1. The summed E-state index contributed by atoms with van der Waals surface area (Å²) < 4.78 is 19.4. The minimum absolute atomic E-state index is 0.179. The van der Waals surface area contributed by atoms with Gasteiger partial charge in [-0.2, -0.15) is 0 Å². The summed E-state index contributed by atoms with van der Waals surface area (Å²) in [6.07, 6.45) is 4.26. The SMILES string of the molecule is NC(=O)Cn1ccc2c(OC3CCN(CC4COCCO4)CC3)cccc21. The zero-order valence-corrected chi connectivity index (χ0v) is 15.5. The molecule has 146 valence electrons. The summed E-state index contributed by atoms with van der Waals surface area (Å²) in [5, 5.41) is 1.02. The van der Waals surface area contributed by atoms with Crippen LogP contribution in [0, 0.1) is 0 Å². The van der Waals surface area contributed by atoms with Crippen LogP contribution in [0.4, 0.5) is 0 Å². The van der Waals surface area contributed by atoms with Gasteiger partial charge < -0.3 is 29.4 Å². The fourth-order valence-electron chi connectivity index (χ4n) is 3.92. The Balaban J connectivity index is 1.35. The number of carbonyl (C=O) groups excluding carboxylic acids is 1. The topological polar surface area (TPSA) is 79.0 Å². The molecule has 1 aromatic carbocycles. The third kappa shape index (κ3) is 4.43. The number of ether oxygens (including phenoxy) is 3. The normalized spacial score (nSPS) is 22.1. The average Bonchev–Trinajstić information content (AvgIpc) is 3.08. The van der Waals surface area contributed by atoms with Crippen molar-refractivity contribution in [1.82, 2.24) is 9.47 Å². The van der Waals surface area contributed by atoms with E-state index >= 15 is 0 Å². The van der Waals surface area contributed by atoms with E-state index in [0.29, 0.717) is 19.8 Å². The predicted molar refractivity (Wildman–Crippen MR) is 102 cm³/mol. The molecule has 4 rings (SSSR count). The lowest BCUT2D eigenvalue weighted by atomic mass is 10.1. The Kier molecular flexibility index (Phi) is 5.61. The summed E-state index contributed by atoms with van der Waals surface area (Å²) >= 11 is 0. The lowest BCUT2D eigenvalue weighted by Crippen LogP contribution is -2.45. The molecule has 2 saturated heterocycles. The van der Waals surface area contributed by atoms with Gasteiger partial charge in [-0.05, 0) is 31.0 Å². The van der Waals surface area contributed by atoms with E-state index in [1.807, 2.05) is 35.0 Å². The van der Waals surface area contributed by atoms with Gasteiger partial charge in [-0.3, -0.25) is 4.79 Å². The van der Waals surface area contributed by atoms with E-state index < -0.39 is 0 Å². The lowest BCUT2D eigenvalue weighted by molar-refractivity contribution is -0.118. The maximum absolute atomic E-state index is 11.2. The molecule has 2 aliphatic rings. The number of carbonyl (C=O) groups is 1. The largest absolute Gasteiger partial charge is 0.490 e. The van der Waals surface area contributed by atoms with Crippen LogP contribution in [0.3, 0.4) is 0 Å². The Bertz CT molecular complexity index is 777. The van der Waals surface area contributed by atoms with Gasteiger partial charge in [0.1, 0.15) is 18.4 Å². The smallest absolute Gasteiger partial charge is 0.237 e. The van der Waals surface area contributed by atoms with Gasteiger partial charge in [0.2, 0.25) is 5.91 Å². The van der Waals surface area contributed by atoms with Crippen LogP contribution < -0.4 is 10.5 Å². The molecule has 0 spiro atoms. The standard InChI is InChI=1S/C20H27N3O4/c21-20(24)13-23-9-6-17-18(23)2-1-3-19(17)27-15-4-7-22(8-5-15)12-16-14-25-10-11-26-16/h1-3,6,9,15-16H,4-5,7-8,10-14H2,(H2,21,24). The molecule has 0 aliphatic carbocycles. The van der Waals surface area contributed by atoms with Crippen molar-refractivity contribution in [2.24, 2.45) is 5.73 Å². The highest BCUT2D eigenvalue weighted by atomic mass is 16.6. The second-order valence-corrected chi connectivity index (χ2v) is 7.28. The van der Waals surface area contributed by atoms with Crippen molar-refractivity contribution in [2.45, 2.75) is 31.6 Å². The highest BCUT2D eigenvalue weighted by molar-refractivity contribution is 5.87. The summed E-state index contributed by atoms with van der Waals surface area (Å²) in [7, 11) is 0. The van der Waals surface area contributed by atoms with E-state index in [-0.39, 0.29) is 24.7 Å². The van der Waals surface area contributed by atoms with Crippen LogP contribution in [0.5, 0.6) is 5.75 Å². The van der Waals surface area contributed by atoms with Crippen molar-refractivity contribution in [3.63, 3.8) is 0 Å². The number of primary amides is 1.